The molecule has 0 atom stereocenters. The van der Waals surface area contributed by atoms with E-state index in [-0.39, 0.29) is 5.95 Å². The van der Waals surface area contributed by atoms with Crippen molar-refractivity contribution in [1.82, 2.24) is 4.57 Å². The summed E-state index contributed by atoms with van der Waals surface area (Å²) in [6.45, 7) is 10.2. The lowest BCUT2D eigenvalue weighted by molar-refractivity contribution is -0.661. The average molecular weight is 323 g/mol. The zero-order chi connectivity index (χ0) is 17.6. The second-order valence-corrected chi connectivity index (χ2v) is 6.78. The van der Waals surface area contributed by atoms with E-state index in [1.165, 1.54) is 11.1 Å². The van der Waals surface area contributed by atoms with Crippen LogP contribution in [0.1, 0.15) is 27.8 Å². The number of hydrogen-bond donors (Lipinski definition) is 0. The van der Waals surface area contributed by atoms with Crippen LogP contribution in [0.25, 0.3) is 17.1 Å². The Hall–Kier alpha value is -2.42. The van der Waals surface area contributed by atoms with Crippen LogP contribution in [0.2, 0.25) is 0 Å². The Balaban J connectivity index is 2.36. The molecule has 124 valence electrons. The van der Waals surface area contributed by atoms with Crippen LogP contribution in [-0.4, -0.2) is 4.57 Å². The maximum Gasteiger partial charge on any atom is 0.229 e. The van der Waals surface area contributed by atoms with E-state index in [1.54, 1.807) is 10.6 Å². The third-order valence-electron chi connectivity index (χ3n) is 4.53. The molecule has 0 unspecified atom stereocenters. The van der Waals surface area contributed by atoms with Crippen molar-refractivity contribution in [1.29, 1.82) is 0 Å². The molecule has 0 fully saturated rings. The molecule has 3 aromatic rings. The largest absolute Gasteiger partial charge is 0.280 e. The maximum atomic E-state index is 14.9. The molecule has 3 rings (SSSR count). The first-order valence-electron chi connectivity index (χ1n) is 8.22. The maximum absolute atomic E-state index is 14.9. The summed E-state index contributed by atoms with van der Waals surface area (Å²) in [6.07, 6.45) is 2.07. The molecule has 0 aliphatic carbocycles. The molecule has 0 N–H and O–H groups in total. The second-order valence-electron chi connectivity index (χ2n) is 6.78. The smallest absolute Gasteiger partial charge is 0.229 e. The lowest BCUT2D eigenvalue weighted by Crippen LogP contribution is -2.31. The van der Waals surface area contributed by atoms with Crippen LogP contribution in [0.3, 0.4) is 0 Å². The summed E-state index contributed by atoms with van der Waals surface area (Å²) in [6, 6.07) is 9.96. The van der Waals surface area contributed by atoms with E-state index in [4.69, 9.17) is 0 Å². The molecule has 24 heavy (non-hydrogen) atoms. The van der Waals surface area contributed by atoms with Gasteiger partial charge in [0.2, 0.25) is 5.69 Å². The van der Waals surface area contributed by atoms with Gasteiger partial charge in [-0.25, -0.2) is 0 Å². The average Bonchev–Trinajstić information content (AvgIpc) is 2.73. The van der Waals surface area contributed by atoms with E-state index in [9.17, 15) is 4.39 Å². The van der Waals surface area contributed by atoms with E-state index in [0.29, 0.717) is 0 Å². The van der Waals surface area contributed by atoms with Gasteiger partial charge in [0.15, 0.2) is 12.1 Å². The molecule has 0 aliphatic rings. The number of nitrogens with zero attached hydrogens (tertiary/aromatic N) is 2. The topological polar surface area (TPSA) is 8.81 Å². The fourth-order valence-electron chi connectivity index (χ4n) is 3.65. The van der Waals surface area contributed by atoms with Crippen molar-refractivity contribution < 1.29 is 8.96 Å². The molecular weight excluding hydrogens is 299 g/mol. The molecule has 0 radical (unpaired) electrons. The molecule has 0 spiro atoms. The Labute approximate surface area is 143 Å². The number of halogens is 1. The number of pyridine rings is 1. The van der Waals surface area contributed by atoms with Crippen molar-refractivity contribution in [2.24, 2.45) is 7.05 Å². The highest BCUT2D eigenvalue weighted by Crippen LogP contribution is 2.31. The molecule has 0 amide bonds. The van der Waals surface area contributed by atoms with Crippen molar-refractivity contribution in [3.8, 4) is 17.1 Å². The van der Waals surface area contributed by atoms with Gasteiger partial charge in [-0.05, 0) is 63.4 Å². The second kappa shape index (κ2) is 5.90. The predicted molar refractivity (Wildman–Crippen MR) is 96.0 cm³/mol. The first kappa shape index (κ1) is 16.4. The minimum Gasteiger partial charge on any atom is -0.280 e. The standard InChI is InChI=1S/C21H24FN2/c1-13-7-8-18(23(6)12-13)21-17(5)11-19(22)24(21)20-15(3)9-14(2)10-16(20)4/h7-12H,1-6H3/q+1. The fraction of sp³-hybridized carbons (Fsp3) is 0.286. The third-order valence-corrected chi connectivity index (χ3v) is 4.53. The molecule has 2 aromatic heterocycles. The molecule has 1 aromatic carbocycles. The number of aryl methyl sites for hydroxylation is 6. The summed E-state index contributed by atoms with van der Waals surface area (Å²) in [5, 5.41) is 0. The van der Waals surface area contributed by atoms with Crippen LogP contribution in [0.15, 0.2) is 36.5 Å². The molecule has 2 heterocycles. The number of aromatic nitrogens is 2. The van der Waals surface area contributed by atoms with Crippen molar-refractivity contribution in [2.75, 3.05) is 0 Å². The molecule has 0 bridgehead atoms. The molecule has 2 nitrogen and oxygen atoms in total. The van der Waals surface area contributed by atoms with Crippen molar-refractivity contribution in [2.45, 2.75) is 34.6 Å². The van der Waals surface area contributed by atoms with Gasteiger partial charge < -0.3 is 0 Å². The van der Waals surface area contributed by atoms with Gasteiger partial charge in [-0.1, -0.05) is 17.7 Å². The van der Waals surface area contributed by atoms with Crippen LogP contribution in [0, 0.1) is 40.6 Å². The number of hydrogen-bond acceptors (Lipinski definition) is 0. The molecular formula is C21H24FN2+. The van der Waals surface area contributed by atoms with Gasteiger partial charge in [0.25, 0.3) is 0 Å². The van der Waals surface area contributed by atoms with E-state index in [0.717, 1.165) is 33.8 Å². The van der Waals surface area contributed by atoms with Crippen LogP contribution >= 0.6 is 0 Å². The van der Waals surface area contributed by atoms with E-state index >= 15 is 0 Å². The van der Waals surface area contributed by atoms with Gasteiger partial charge in [-0.15, -0.1) is 0 Å². The summed E-state index contributed by atoms with van der Waals surface area (Å²) in [5.74, 6) is -0.224. The normalized spacial score (nSPS) is 11.1. The summed E-state index contributed by atoms with van der Waals surface area (Å²) in [7, 11) is 2.01. The third kappa shape index (κ3) is 2.64. The zero-order valence-corrected chi connectivity index (χ0v) is 15.2. The molecule has 0 saturated heterocycles. The van der Waals surface area contributed by atoms with Crippen molar-refractivity contribution >= 4 is 0 Å². The highest BCUT2D eigenvalue weighted by Gasteiger charge is 2.23. The van der Waals surface area contributed by atoms with E-state index in [1.807, 2.05) is 27.8 Å². The lowest BCUT2D eigenvalue weighted by atomic mass is 10.0. The Bertz CT molecular complexity index is 912. The number of rotatable bonds is 2. The van der Waals surface area contributed by atoms with Gasteiger partial charge >= 0.3 is 0 Å². The minimum atomic E-state index is -0.224. The van der Waals surface area contributed by atoms with Crippen LogP contribution in [0.5, 0.6) is 0 Å². The molecule has 0 saturated carbocycles. The van der Waals surface area contributed by atoms with Gasteiger partial charge in [0.05, 0.1) is 5.69 Å². The van der Waals surface area contributed by atoms with Crippen LogP contribution in [-0.2, 0) is 7.05 Å². The predicted octanol–water partition coefficient (Wildman–Crippen LogP) is 4.65. The SMILES string of the molecule is Cc1cc(C)c(-n2c(F)cc(C)c2-c2ccc(C)c[n+]2C)c(C)c1. The Morgan fingerprint density at radius 1 is 0.833 bits per heavy atom. The summed E-state index contributed by atoms with van der Waals surface area (Å²) >= 11 is 0. The van der Waals surface area contributed by atoms with Gasteiger partial charge in [0.1, 0.15) is 12.7 Å². The zero-order valence-electron chi connectivity index (χ0n) is 15.2. The van der Waals surface area contributed by atoms with Crippen molar-refractivity contribution in [3.05, 3.63) is 70.3 Å². The van der Waals surface area contributed by atoms with E-state index in [2.05, 4.69) is 48.9 Å². The molecule has 0 aliphatic heterocycles. The lowest BCUT2D eigenvalue weighted by Gasteiger charge is -2.16. The van der Waals surface area contributed by atoms with Crippen molar-refractivity contribution in [3.63, 3.8) is 0 Å². The number of benzene rings is 1. The highest BCUT2D eigenvalue weighted by molar-refractivity contribution is 5.64. The van der Waals surface area contributed by atoms with E-state index < -0.39 is 0 Å². The Morgan fingerprint density at radius 2 is 1.46 bits per heavy atom. The summed E-state index contributed by atoms with van der Waals surface area (Å²) < 4.78 is 18.7. The first-order chi connectivity index (χ1) is 11.3. The Kier molecular flexibility index (Phi) is 4.04. The Morgan fingerprint density at radius 3 is 2.04 bits per heavy atom. The van der Waals surface area contributed by atoms with Gasteiger partial charge in [0, 0.05) is 11.6 Å². The summed E-state index contributed by atoms with van der Waals surface area (Å²) in [5.41, 5.74) is 8.32. The first-order valence-corrected chi connectivity index (χ1v) is 8.22. The quantitative estimate of drug-likeness (QED) is 0.607. The molecule has 3 heteroatoms. The van der Waals surface area contributed by atoms with Crippen LogP contribution < -0.4 is 4.57 Å². The van der Waals surface area contributed by atoms with Gasteiger partial charge in [-0.3, -0.25) is 4.57 Å². The minimum absolute atomic E-state index is 0.224. The monoisotopic (exact) mass is 323 g/mol. The fourth-order valence-corrected chi connectivity index (χ4v) is 3.65. The summed E-state index contributed by atoms with van der Waals surface area (Å²) in [4.78, 5) is 0. The highest BCUT2D eigenvalue weighted by atomic mass is 19.1. The van der Waals surface area contributed by atoms with Crippen LogP contribution in [0.4, 0.5) is 4.39 Å². The van der Waals surface area contributed by atoms with Gasteiger partial charge in [-0.2, -0.15) is 8.96 Å².